The van der Waals surface area contributed by atoms with E-state index in [1.807, 2.05) is 7.05 Å². The minimum absolute atomic E-state index is 0.00643. The second-order valence-electron chi connectivity index (χ2n) is 7.07. The maximum absolute atomic E-state index is 11.4. The van der Waals surface area contributed by atoms with E-state index in [1.165, 1.54) is 28.8 Å². The van der Waals surface area contributed by atoms with Crippen LogP contribution in [0, 0.1) is 11.8 Å². The van der Waals surface area contributed by atoms with Gasteiger partial charge in [-0.1, -0.05) is 13.3 Å². The molecule has 0 bridgehead atoms. The first-order valence-corrected chi connectivity index (χ1v) is 10.0. The molecular weight excluding hydrogens is 332 g/mol. The molecule has 1 amide bonds. The lowest BCUT2D eigenvalue weighted by Gasteiger charge is -2.33. The summed E-state index contributed by atoms with van der Waals surface area (Å²) in [7, 11) is 1.85. The molecule has 1 aliphatic heterocycles. The van der Waals surface area contributed by atoms with Crippen LogP contribution in [0.1, 0.15) is 48.6 Å². The Hall–Kier alpha value is -1.69. The van der Waals surface area contributed by atoms with Crippen LogP contribution in [0.25, 0.3) is 0 Å². The lowest BCUT2D eigenvalue weighted by Crippen LogP contribution is -2.42. The number of hydrogen-bond acceptors (Lipinski definition) is 4. The summed E-state index contributed by atoms with van der Waals surface area (Å²) in [4.78, 5) is 24.1. The van der Waals surface area contributed by atoms with E-state index >= 15 is 0 Å². The Morgan fingerprint density at radius 2 is 2.08 bits per heavy atom. The highest BCUT2D eigenvalue weighted by atomic mass is 32.1. The van der Waals surface area contributed by atoms with E-state index in [-0.39, 0.29) is 11.8 Å². The first-order valence-electron chi connectivity index (χ1n) is 9.21. The normalized spacial score (nSPS) is 21.9. The molecule has 6 heteroatoms. The van der Waals surface area contributed by atoms with Gasteiger partial charge in [-0.25, -0.2) is 0 Å². The van der Waals surface area contributed by atoms with E-state index in [9.17, 15) is 4.79 Å². The van der Waals surface area contributed by atoms with E-state index in [4.69, 9.17) is 5.73 Å². The van der Waals surface area contributed by atoms with Gasteiger partial charge in [-0.2, -0.15) is 0 Å². The Labute approximate surface area is 154 Å². The second-order valence-corrected chi connectivity index (χ2v) is 8.15. The minimum atomic E-state index is -0.179. The molecule has 0 aromatic carbocycles. The van der Waals surface area contributed by atoms with E-state index < -0.39 is 0 Å². The van der Waals surface area contributed by atoms with Crippen molar-refractivity contribution in [3.8, 4) is 0 Å². The van der Waals surface area contributed by atoms with Crippen LogP contribution in [-0.4, -0.2) is 43.5 Å². The third-order valence-electron chi connectivity index (χ3n) is 5.70. The third-order valence-corrected chi connectivity index (χ3v) is 6.89. The van der Waals surface area contributed by atoms with Gasteiger partial charge >= 0.3 is 0 Å². The van der Waals surface area contributed by atoms with Crippen molar-refractivity contribution in [1.82, 2.24) is 4.90 Å². The van der Waals surface area contributed by atoms with Gasteiger partial charge in [0.25, 0.3) is 0 Å². The maximum atomic E-state index is 11.4. The summed E-state index contributed by atoms with van der Waals surface area (Å²) in [5, 5.41) is 0.999. The maximum Gasteiger partial charge on any atom is 0.220 e. The highest BCUT2D eigenvalue weighted by Crippen LogP contribution is 2.42. The summed E-state index contributed by atoms with van der Waals surface area (Å²) >= 11 is 1.78. The Kier molecular flexibility index (Phi) is 5.57. The molecule has 1 fully saturated rings. The molecule has 1 aliphatic carbocycles. The van der Waals surface area contributed by atoms with Crippen molar-refractivity contribution in [3.05, 3.63) is 16.0 Å². The zero-order valence-electron chi connectivity index (χ0n) is 15.3. The van der Waals surface area contributed by atoms with Crippen molar-refractivity contribution in [1.29, 1.82) is 0 Å². The number of nitrogens with two attached hydrogens (primary N) is 1. The van der Waals surface area contributed by atoms with Gasteiger partial charge in [0.15, 0.2) is 0 Å². The molecule has 2 N–H and O–H groups in total. The van der Waals surface area contributed by atoms with E-state index in [1.54, 1.807) is 11.3 Å². The number of piperidine rings is 1. The van der Waals surface area contributed by atoms with Crippen LogP contribution in [0.2, 0.25) is 0 Å². The molecule has 1 aromatic heterocycles. The van der Waals surface area contributed by atoms with Crippen molar-refractivity contribution in [2.45, 2.75) is 45.4 Å². The first-order chi connectivity index (χ1) is 12.1. The zero-order chi connectivity index (χ0) is 18.0. The number of carbonyl (C=O) groups excluding carboxylic acids is 1. The summed E-state index contributed by atoms with van der Waals surface area (Å²) in [6.07, 6.45) is 6.33. The molecule has 5 nitrogen and oxygen atoms in total. The molecule has 3 rings (SSSR count). The SMILES string of the molecule is C=Nc1sc2c(c1C(=NC)N1CCC(C(N)=O)CC1)CCC(CC)C2. The summed E-state index contributed by atoms with van der Waals surface area (Å²) < 4.78 is 0. The van der Waals surface area contributed by atoms with Crippen molar-refractivity contribution in [2.24, 2.45) is 27.6 Å². The number of rotatable bonds is 4. The van der Waals surface area contributed by atoms with Crippen molar-refractivity contribution >= 4 is 34.8 Å². The molecule has 1 saturated heterocycles. The fraction of sp³-hybridized carbons (Fsp3) is 0.632. The molecule has 2 heterocycles. The van der Waals surface area contributed by atoms with E-state index in [0.29, 0.717) is 0 Å². The van der Waals surface area contributed by atoms with Crippen molar-refractivity contribution < 1.29 is 4.79 Å². The molecule has 2 aliphatic rings. The number of amidine groups is 1. The average Bonchev–Trinajstić information content (AvgIpc) is 3.00. The number of amides is 1. The van der Waals surface area contributed by atoms with E-state index in [0.717, 1.165) is 55.5 Å². The number of nitrogens with zero attached hydrogens (tertiary/aromatic N) is 3. The predicted octanol–water partition coefficient (Wildman–Crippen LogP) is 3.17. The van der Waals surface area contributed by atoms with Gasteiger partial charge in [-0.15, -0.1) is 11.3 Å². The third kappa shape index (κ3) is 3.50. The molecule has 0 saturated carbocycles. The molecule has 1 atom stereocenters. The summed E-state index contributed by atoms with van der Waals surface area (Å²) in [6, 6.07) is 0. The highest BCUT2D eigenvalue weighted by molar-refractivity contribution is 7.16. The number of likely N-dealkylation sites (tertiary alicyclic amines) is 1. The molecule has 1 unspecified atom stereocenters. The van der Waals surface area contributed by atoms with Gasteiger partial charge in [0.1, 0.15) is 10.8 Å². The summed E-state index contributed by atoms with van der Waals surface area (Å²) in [5.74, 6) is 1.61. The number of primary amides is 1. The lowest BCUT2D eigenvalue weighted by atomic mass is 9.85. The van der Waals surface area contributed by atoms with Gasteiger partial charge < -0.3 is 10.6 Å². The van der Waals surface area contributed by atoms with Crippen LogP contribution in [0.4, 0.5) is 5.00 Å². The van der Waals surface area contributed by atoms with Crippen LogP contribution >= 0.6 is 11.3 Å². The van der Waals surface area contributed by atoms with Crippen molar-refractivity contribution in [3.63, 3.8) is 0 Å². The largest absolute Gasteiger partial charge is 0.369 e. The Morgan fingerprint density at radius 1 is 1.36 bits per heavy atom. The van der Waals surface area contributed by atoms with E-state index in [2.05, 4.69) is 28.5 Å². The quantitative estimate of drug-likeness (QED) is 0.662. The van der Waals surface area contributed by atoms with Gasteiger partial charge in [-0.3, -0.25) is 14.8 Å². The minimum Gasteiger partial charge on any atom is -0.369 e. The van der Waals surface area contributed by atoms with Crippen LogP contribution < -0.4 is 5.73 Å². The van der Waals surface area contributed by atoms with Crippen LogP contribution in [0.3, 0.4) is 0 Å². The molecule has 25 heavy (non-hydrogen) atoms. The van der Waals surface area contributed by atoms with Gasteiger partial charge in [0, 0.05) is 30.9 Å². The monoisotopic (exact) mass is 360 g/mol. The van der Waals surface area contributed by atoms with Crippen LogP contribution in [0.5, 0.6) is 0 Å². The number of aliphatic imine (C=N–C) groups is 2. The molecule has 136 valence electrons. The Bertz CT molecular complexity index is 686. The standard InChI is InChI=1S/C19H28N4OS/c1-4-12-5-6-14-15(11-12)25-19(22-3)16(14)18(21-2)23-9-7-13(8-10-23)17(20)24/h12-13H,3-11H2,1-2H3,(H2,20,24). The number of thiophene rings is 1. The lowest BCUT2D eigenvalue weighted by molar-refractivity contribution is -0.122. The highest BCUT2D eigenvalue weighted by Gasteiger charge is 2.31. The zero-order valence-corrected chi connectivity index (χ0v) is 16.1. The molecule has 1 aromatic rings. The number of fused-ring (bicyclic) bond motifs is 1. The van der Waals surface area contributed by atoms with Gasteiger partial charge in [0.05, 0.1) is 5.56 Å². The fourth-order valence-corrected chi connectivity index (χ4v) is 5.38. The van der Waals surface area contributed by atoms with Gasteiger partial charge in [-0.05, 0) is 50.3 Å². The van der Waals surface area contributed by atoms with Crippen LogP contribution in [0.15, 0.2) is 9.98 Å². The topological polar surface area (TPSA) is 71.1 Å². The first kappa shape index (κ1) is 18.1. The second kappa shape index (κ2) is 7.68. The molecule has 0 spiro atoms. The molecule has 0 radical (unpaired) electrons. The summed E-state index contributed by atoms with van der Waals surface area (Å²) in [5.41, 5.74) is 8.08. The number of hydrogen-bond donors (Lipinski definition) is 1. The van der Waals surface area contributed by atoms with Crippen LogP contribution in [-0.2, 0) is 17.6 Å². The number of carbonyl (C=O) groups is 1. The smallest absolute Gasteiger partial charge is 0.220 e. The predicted molar refractivity (Wildman–Crippen MR) is 105 cm³/mol. The average molecular weight is 361 g/mol. The summed E-state index contributed by atoms with van der Waals surface area (Å²) in [6.45, 7) is 7.71. The van der Waals surface area contributed by atoms with Crippen molar-refractivity contribution in [2.75, 3.05) is 20.1 Å². The Morgan fingerprint density at radius 3 is 2.64 bits per heavy atom. The fourth-order valence-electron chi connectivity index (χ4n) is 4.12. The Balaban J connectivity index is 1.88. The molecular formula is C19H28N4OS. The van der Waals surface area contributed by atoms with Gasteiger partial charge in [0.2, 0.25) is 5.91 Å².